The van der Waals surface area contributed by atoms with Gasteiger partial charge in [-0.15, -0.1) is 0 Å². The molecule has 1 rings (SSSR count). The summed E-state index contributed by atoms with van der Waals surface area (Å²) in [6.45, 7) is 3.49. The summed E-state index contributed by atoms with van der Waals surface area (Å²) in [5, 5.41) is 8.91. The number of ether oxygens (including phenoxy) is 1. The third kappa shape index (κ3) is 2.42. The molecule has 0 aromatic heterocycles. The predicted octanol–water partition coefficient (Wildman–Crippen LogP) is 0.570. The van der Waals surface area contributed by atoms with E-state index in [1.165, 1.54) is 0 Å². The Morgan fingerprint density at radius 3 is 2.85 bits per heavy atom. The van der Waals surface area contributed by atoms with Gasteiger partial charge >= 0.3 is 5.97 Å². The van der Waals surface area contributed by atoms with Gasteiger partial charge in [0.2, 0.25) is 0 Å². The SMILES string of the molecule is CC[C@H](C(=O)O)N1CC[C@H](OC)C1. The maximum Gasteiger partial charge on any atom is 0.320 e. The molecule has 0 radical (unpaired) electrons. The van der Waals surface area contributed by atoms with E-state index in [9.17, 15) is 4.79 Å². The van der Waals surface area contributed by atoms with Gasteiger partial charge in [0.05, 0.1) is 6.10 Å². The Balaban J connectivity index is 2.48. The summed E-state index contributed by atoms with van der Waals surface area (Å²) in [6, 6.07) is -0.333. The summed E-state index contributed by atoms with van der Waals surface area (Å²) in [7, 11) is 1.68. The third-order valence-electron chi connectivity index (χ3n) is 2.62. The molecule has 0 amide bonds. The van der Waals surface area contributed by atoms with Crippen LogP contribution in [0.1, 0.15) is 19.8 Å². The minimum Gasteiger partial charge on any atom is -0.480 e. The fraction of sp³-hybridized carbons (Fsp3) is 0.889. The molecule has 76 valence electrons. The van der Waals surface area contributed by atoms with Gasteiger partial charge in [0.1, 0.15) is 6.04 Å². The zero-order valence-electron chi connectivity index (χ0n) is 8.19. The van der Waals surface area contributed by atoms with Crippen LogP contribution in [-0.4, -0.2) is 48.3 Å². The molecule has 1 aliphatic rings. The number of aliphatic carboxylic acids is 1. The van der Waals surface area contributed by atoms with Gasteiger partial charge in [0.25, 0.3) is 0 Å². The molecule has 0 aliphatic carbocycles. The lowest BCUT2D eigenvalue weighted by Crippen LogP contribution is -2.39. The van der Waals surface area contributed by atoms with Crippen LogP contribution in [-0.2, 0) is 9.53 Å². The lowest BCUT2D eigenvalue weighted by atomic mass is 10.2. The van der Waals surface area contributed by atoms with Gasteiger partial charge in [-0.25, -0.2) is 0 Å². The molecule has 0 bridgehead atoms. The Bertz CT molecular complexity index is 184. The average molecular weight is 187 g/mol. The molecule has 1 heterocycles. The molecule has 2 atom stereocenters. The van der Waals surface area contributed by atoms with Crippen LogP contribution < -0.4 is 0 Å². The second-order valence-electron chi connectivity index (χ2n) is 3.40. The standard InChI is InChI=1S/C9H17NO3/c1-3-8(9(11)12)10-5-4-7(6-10)13-2/h7-8H,3-6H2,1-2H3,(H,11,12)/t7-,8+/m0/s1. The Labute approximate surface area is 78.5 Å². The smallest absolute Gasteiger partial charge is 0.320 e. The molecule has 1 aliphatic heterocycles. The minimum atomic E-state index is -0.723. The number of rotatable bonds is 4. The molecule has 4 heteroatoms. The first-order valence-electron chi connectivity index (χ1n) is 4.68. The largest absolute Gasteiger partial charge is 0.480 e. The molecule has 0 spiro atoms. The van der Waals surface area contributed by atoms with E-state index in [1.54, 1.807) is 7.11 Å². The summed E-state index contributed by atoms with van der Waals surface area (Å²) in [4.78, 5) is 12.8. The number of carboxylic acid groups (broad SMARTS) is 1. The lowest BCUT2D eigenvalue weighted by Gasteiger charge is -2.22. The Morgan fingerprint density at radius 2 is 2.46 bits per heavy atom. The second kappa shape index (κ2) is 4.58. The zero-order valence-corrected chi connectivity index (χ0v) is 8.19. The fourth-order valence-electron chi connectivity index (χ4n) is 1.82. The number of hydrogen-bond donors (Lipinski definition) is 1. The number of hydrogen-bond acceptors (Lipinski definition) is 3. The van der Waals surface area contributed by atoms with Crippen molar-refractivity contribution >= 4 is 5.97 Å². The van der Waals surface area contributed by atoms with E-state index >= 15 is 0 Å². The Kier molecular flexibility index (Phi) is 3.69. The van der Waals surface area contributed by atoms with Gasteiger partial charge in [0, 0.05) is 20.2 Å². The molecule has 0 aromatic rings. The van der Waals surface area contributed by atoms with Crippen molar-refractivity contribution in [3.8, 4) is 0 Å². The van der Waals surface area contributed by atoms with E-state index in [-0.39, 0.29) is 12.1 Å². The summed E-state index contributed by atoms with van der Waals surface area (Å²) < 4.78 is 5.18. The summed E-state index contributed by atoms with van der Waals surface area (Å²) >= 11 is 0. The highest BCUT2D eigenvalue weighted by Crippen LogP contribution is 2.16. The quantitative estimate of drug-likeness (QED) is 0.699. The Morgan fingerprint density at radius 1 is 1.77 bits per heavy atom. The highest BCUT2D eigenvalue weighted by atomic mass is 16.5. The van der Waals surface area contributed by atoms with Crippen LogP contribution in [0.4, 0.5) is 0 Å². The van der Waals surface area contributed by atoms with Gasteiger partial charge in [-0.2, -0.15) is 0 Å². The van der Waals surface area contributed by atoms with Gasteiger partial charge < -0.3 is 9.84 Å². The normalized spacial score (nSPS) is 26.2. The molecule has 0 unspecified atom stereocenters. The highest BCUT2D eigenvalue weighted by molar-refractivity contribution is 5.73. The summed E-state index contributed by atoms with van der Waals surface area (Å²) in [5.41, 5.74) is 0. The van der Waals surface area contributed by atoms with Crippen molar-refractivity contribution in [2.45, 2.75) is 31.9 Å². The van der Waals surface area contributed by atoms with Crippen molar-refractivity contribution in [2.75, 3.05) is 20.2 Å². The van der Waals surface area contributed by atoms with Gasteiger partial charge in [-0.05, 0) is 12.8 Å². The van der Waals surface area contributed by atoms with E-state index in [0.717, 1.165) is 19.5 Å². The number of methoxy groups -OCH3 is 1. The topological polar surface area (TPSA) is 49.8 Å². The lowest BCUT2D eigenvalue weighted by molar-refractivity contribution is -0.143. The molecule has 1 saturated heterocycles. The van der Waals surface area contributed by atoms with Crippen LogP contribution in [0.15, 0.2) is 0 Å². The van der Waals surface area contributed by atoms with E-state index < -0.39 is 5.97 Å². The number of carbonyl (C=O) groups is 1. The molecular weight excluding hydrogens is 170 g/mol. The molecule has 1 fully saturated rings. The second-order valence-corrected chi connectivity index (χ2v) is 3.40. The van der Waals surface area contributed by atoms with Crippen molar-refractivity contribution in [1.29, 1.82) is 0 Å². The van der Waals surface area contributed by atoms with Gasteiger partial charge in [-0.1, -0.05) is 6.92 Å². The monoisotopic (exact) mass is 187 g/mol. The molecule has 4 nitrogen and oxygen atoms in total. The molecule has 0 saturated carbocycles. The van der Waals surface area contributed by atoms with Crippen LogP contribution in [0, 0.1) is 0 Å². The average Bonchev–Trinajstić information content (AvgIpc) is 2.53. The maximum absolute atomic E-state index is 10.8. The first-order chi connectivity index (χ1) is 6.19. The van der Waals surface area contributed by atoms with Crippen molar-refractivity contribution in [1.82, 2.24) is 4.90 Å². The molecule has 13 heavy (non-hydrogen) atoms. The van der Waals surface area contributed by atoms with E-state index in [0.29, 0.717) is 6.42 Å². The third-order valence-corrected chi connectivity index (χ3v) is 2.62. The van der Waals surface area contributed by atoms with Crippen LogP contribution >= 0.6 is 0 Å². The highest BCUT2D eigenvalue weighted by Gasteiger charge is 2.30. The van der Waals surface area contributed by atoms with Crippen LogP contribution in [0.5, 0.6) is 0 Å². The van der Waals surface area contributed by atoms with Crippen LogP contribution in [0.3, 0.4) is 0 Å². The van der Waals surface area contributed by atoms with E-state index in [1.807, 2.05) is 11.8 Å². The van der Waals surface area contributed by atoms with Gasteiger partial charge in [-0.3, -0.25) is 9.69 Å². The molecule has 1 N–H and O–H groups in total. The van der Waals surface area contributed by atoms with Crippen molar-refractivity contribution in [3.05, 3.63) is 0 Å². The Hall–Kier alpha value is -0.610. The van der Waals surface area contributed by atoms with E-state index in [4.69, 9.17) is 9.84 Å². The van der Waals surface area contributed by atoms with E-state index in [2.05, 4.69) is 0 Å². The molecular formula is C9H17NO3. The fourth-order valence-corrected chi connectivity index (χ4v) is 1.82. The van der Waals surface area contributed by atoms with Crippen molar-refractivity contribution < 1.29 is 14.6 Å². The number of nitrogens with zero attached hydrogens (tertiary/aromatic N) is 1. The minimum absolute atomic E-state index is 0.216. The van der Waals surface area contributed by atoms with Crippen LogP contribution in [0.2, 0.25) is 0 Å². The number of likely N-dealkylation sites (tertiary alicyclic amines) is 1. The first-order valence-corrected chi connectivity index (χ1v) is 4.68. The molecule has 0 aromatic carbocycles. The van der Waals surface area contributed by atoms with Crippen LogP contribution in [0.25, 0.3) is 0 Å². The van der Waals surface area contributed by atoms with Crippen molar-refractivity contribution in [2.24, 2.45) is 0 Å². The first kappa shape index (κ1) is 10.5. The van der Waals surface area contributed by atoms with Gasteiger partial charge in [0.15, 0.2) is 0 Å². The maximum atomic E-state index is 10.8. The predicted molar refractivity (Wildman–Crippen MR) is 48.7 cm³/mol. The summed E-state index contributed by atoms with van der Waals surface area (Å²) in [6.07, 6.45) is 1.82. The van der Waals surface area contributed by atoms with Crippen molar-refractivity contribution in [3.63, 3.8) is 0 Å². The number of carboxylic acids is 1. The summed E-state index contributed by atoms with van der Waals surface area (Å²) in [5.74, 6) is -0.723. The zero-order chi connectivity index (χ0) is 9.84.